The summed E-state index contributed by atoms with van der Waals surface area (Å²) in [4.78, 5) is 35.8. The van der Waals surface area contributed by atoms with Crippen LogP contribution >= 0.6 is 11.6 Å². The molecule has 2 aromatic rings. The molecule has 0 bridgehead atoms. The van der Waals surface area contributed by atoms with Gasteiger partial charge in [-0.05, 0) is 31.0 Å². The number of halogens is 1. The summed E-state index contributed by atoms with van der Waals surface area (Å²) in [5.74, 6) is -1.46. The summed E-state index contributed by atoms with van der Waals surface area (Å²) < 4.78 is 10.3. The van der Waals surface area contributed by atoms with Crippen molar-refractivity contribution in [2.75, 3.05) is 6.61 Å². The number of amides is 1. The second-order valence-corrected chi connectivity index (χ2v) is 6.18. The number of hydrogen-bond donors (Lipinski definition) is 1. The van der Waals surface area contributed by atoms with Gasteiger partial charge in [0, 0.05) is 17.1 Å². The normalized spacial score (nSPS) is 14.7. The minimum Gasteiger partial charge on any atom is -0.450 e. The highest BCUT2D eigenvalue weighted by Gasteiger charge is 2.19. The first kappa shape index (κ1) is 16.5. The van der Waals surface area contributed by atoms with Crippen LogP contribution in [0.25, 0.3) is 11.0 Å². The second kappa shape index (κ2) is 7.05. The molecular formula is C17H16ClNO5. The molecule has 1 aromatic heterocycles. The molecule has 1 aliphatic rings. The Labute approximate surface area is 142 Å². The highest BCUT2D eigenvalue weighted by atomic mass is 35.5. The molecule has 126 valence electrons. The molecule has 0 spiro atoms. The van der Waals surface area contributed by atoms with Crippen LogP contribution in [0.2, 0.25) is 5.02 Å². The maximum absolute atomic E-state index is 12.0. The monoisotopic (exact) mass is 349 g/mol. The largest absolute Gasteiger partial charge is 0.450 e. The van der Waals surface area contributed by atoms with E-state index < -0.39 is 18.0 Å². The van der Waals surface area contributed by atoms with Gasteiger partial charge < -0.3 is 14.5 Å². The fraction of sp³-hybridized carbons (Fsp3) is 0.353. The molecule has 1 fully saturated rings. The lowest BCUT2D eigenvalue weighted by Gasteiger charge is -2.11. The minimum atomic E-state index is -0.856. The van der Waals surface area contributed by atoms with E-state index in [1.54, 1.807) is 6.07 Å². The molecule has 1 amide bonds. The molecule has 0 atom stereocenters. The lowest BCUT2D eigenvalue weighted by atomic mass is 10.2. The lowest BCUT2D eigenvalue weighted by molar-refractivity contribution is -0.124. The molecule has 1 heterocycles. The van der Waals surface area contributed by atoms with Gasteiger partial charge in [-0.2, -0.15) is 0 Å². The number of rotatable bonds is 4. The number of esters is 1. The van der Waals surface area contributed by atoms with Crippen molar-refractivity contribution < 1.29 is 18.7 Å². The van der Waals surface area contributed by atoms with Crippen LogP contribution in [0.15, 0.2) is 33.5 Å². The predicted molar refractivity (Wildman–Crippen MR) is 88.2 cm³/mol. The molecule has 1 aromatic carbocycles. The molecule has 0 unspecified atom stereocenters. The fourth-order valence-corrected chi connectivity index (χ4v) is 2.94. The smallest absolute Gasteiger partial charge is 0.374 e. The molecule has 0 aliphatic heterocycles. The van der Waals surface area contributed by atoms with Gasteiger partial charge in [0.2, 0.25) is 5.76 Å². The Kier molecular flexibility index (Phi) is 4.85. The Hall–Kier alpha value is -2.34. The van der Waals surface area contributed by atoms with Crippen LogP contribution < -0.4 is 10.7 Å². The van der Waals surface area contributed by atoms with Crippen molar-refractivity contribution in [2.24, 2.45) is 0 Å². The van der Waals surface area contributed by atoms with Crippen molar-refractivity contribution in [3.8, 4) is 0 Å². The third kappa shape index (κ3) is 3.76. The topological polar surface area (TPSA) is 85.6 Å². The van der Waals surface area contributed by atoms with Gasteiger partial charge in [0.25, 0.3) is 5.91 Å². The van der Waals surface area contributed by atoms with Crippen LogP contribution in [-0.4, -0.2) is 24.5 Å². The zero-order valence-electron chi connectivity index (χ0n) is 12.8. The summed E-state index contributed by atoms with van der Waals surface area (Å²) in [5, 5.41) is 3.48. The molecule has 0 saturated heterocycles. The number of fused-ring (bicyclic) bond motifs is 1. The number of carbonyl (C=O) groups is 2. The maximum atomic E-state index is 12.0. The molecule has 3 rings (SSSR count). The number of nitrogens with one attached hydrogen (secondary N) is 1. The van der Waals surface area contributed by atoms with Gasteiger partial charge in [-0.3, -0.25) is 9.59 Å². The van der Waals surface area contributed by atoms with Crippen LogP contribution in [-0.2, 0) is 9.53 Å². The fourth-order valence-electron chi connectivity index (χ4n) is 2.77. The van der Waals surface area contributed by atoms with E-state index in [0.717, 1.165) is 31.7 Å². The molecule has 7 heteroatoms. The van der Waals surface area contributed by atoms with Crippen LogP contribution in [0.1, 0.15) is 36.2 Å². The molecule has 1 N–H and O–H groups in total. The summed E-state index contributed by atoms with van der Waals surface area (Å²) in [6.07, 6.45) is 4.08. The third-order valence-corrected chi connectivity index (χ3v) is 4.18. The molecule has 0 radical (unpaired) electrons. The Morgan fingerprint density at radius 1 is 1.25 bits per heavy atom. The van der Waals surface area contributed by atoms with Gasteiger partial charge >= 0.3 is 5.97 Å². The Morgan fingerprint density at radius 2 is 2.00 bits per heavy atom. The first-order valence-corrected chi connectivity index (χ1v) is 8.10. The highest BCUT2D eigenvalue weighted by Crippen LogP contribution is 2.18. The van der Waals surface area contributed by atoms with E-state index in [2.05, 4.69) is 5.32 Å². The summed E-state index contributed by atoms with van der Waals surface area (Å²) >= 11 is 5.83. The average molecular weight is 350 g/mol. The standard InChI is InChI=1S/C17H16ClNO5/c18-10-5-6-14-12(7-10)13(20)8-15(24-14)17(22)23-9-16(21)19-11-3-1-2-4-11/h5-8,11H,1-4,9H2,(H,19,21). The zero-order chi connectivity index (χ0) is 17.1. The van der Waals surface area contributed by atoms with E-state index in [-0.39, 0.29) is 28.7 Å². The van der Waals surface area contributed by atoms with Crippen molar-refractivity contribution in [2.45, 2.75) is 31.7 Å². The van der Waals surface area contributed by atoms with E-state index in [1.807, 2.05) is 0 Å². The summed E-state index contributed by atoms with van der Waals surface area (Å²) in [6, 6.07) is 5.71. The van der Waals surface area contributed by atoms with E-state index in [4.69, 9.17) is 20.8 Å². The Bertz CT molecular complexity index is 838. The predicted octanol–water partition coefficient (Wildman–Crippen LogP) is 2.66. The van der Waals surface area contributed by atoms with Crippen molar-refractivity contribution in [3.63, 3.8) is 0 Å². The van der Waals surface area contributed by atoms with Crippen molar-refractivity contribution in [1.29, 1.82) is 0 Å². The van der Waals surface area contributed by atoms with Crippen LogP contribution in [0.3, 0.4) is 0 Å². The summed E-state index contributed by atoms with van der Waals surface area (Å²) in [7, 11) is 0. The van der Waals surface area contributed by atoms with Crippen molar-refractivity contribution in [1.82, 2.24) is 5.32 Å². The molecule has 1 aliphatic carbocycles. The lowest BCUT2D eigenvalue weighted by Crippen LogP contribution is -2.35. The SMILES string of the molecule is O=C(COC(=O)c1cc(=O)c2cc(Cl)ccc2o1)NC1CCCC1. The number of hydrogen-bond acceptors (Lipinski definition) is 5. The van der Waals surface area contributed by atoms with Gasteiger partial charge in [-0.1, -0.05) is 24.4 Å². The van der Waals surface area contributed by atoms with Gasteiger partial charge in [-0.15, -0.1) is 0 Å². The van der Waals surface area contributed by atoms with Gasteiger partial charge in [0.1, 0.15) is 5.58 Å². The third-order valence-electron chi connectivity index (χ3n) is 3.94. The van der Waals surface area contributed by atoms with Crippen LogP contribution in [0, 0.1) is 0 Å². The average Bonchev–Trinajstić information content (AvgIpc) is 3.06. The first-order valence-electron chi connectivity index (χ1n) is 7.73. The Morgan fingerprint density at radius 3 is 2.75 bits per heavy atom. The van der Waals surface area contributed by atoms with Crippen molar-refractivity contribution in [3.05, 3.63) is 45.3 Å². The first-order chi connectivity index (χ1) is 11.5. The number of ether oxygens (including phenoxy) is 1. The zero-order valence-corrected chi connectivity index (χ0v) is 13.6. The van der Waals surface area contributed by atoms with Crippen LogP contribution in [0.4, 0.5) is 0 Å². The quantitative estimate of drug-likeness (QED) is 0.858. The number of carbonyl (C=O) groups excluding carboxylic acids is 2. The summed E-state index contributed by atoms with van der Waals surface area (Å²) in [6.45, 7) is -0.405. The van der Waals surface area contributed by atoms with E-state index >= 15 is 0 Å². The van der Waals surface area contributed by atoms with Gasteiger partial charge in [-0.25, -0.2) is 4.79 Å². The maximum Gasteiger partial charge on any atom is 0.374 e. The molecule has 1 saturated carbocycles. The Balaban J connectivity index is 1.66. The van der Waals surface area contributed by atoms with E-state index in [9.17, 15) is 14.4 Å². The highest BCUT2D eigenvalue weighted by molar-refractivity contribution is 6.31. The molecule has 6 nitrogen and oxygen atoms in total. The molecule has 24 heavy (non-hydrogen) atoms. The summed E-state index contributed by atoms with van der Waals surface area (Å²) in [5.41, 5.74) is -0.171. The minimum absolute atomic E-state index is 0.152. The van der Waals surface area contributed by atoms with Crippen LogP contribution in [0.5, 0.6) is 0 Å². The van der Waals surface area contributed by atoms with E-state index in [0.29, 0.717) is 5.02 Å². The van der Waals surface area contributed by atoms with Gasteiger partial charge in [0.05, 0.1) is 5.39 Å². The number of benzene rings is 1. The van der Waals surface area contributed by atoms with Crippen molar-refractivity contribution >= 4 is 34.4 Å². The second-order valence-electron chi connectivity index (χ2n) is 5.74. The van der Waals surface area contributed by atoms with Gasteiger partial charge in [0.15, 0.2) is 12.0 Å². The molecular weight excluding hydrogens is 334 g/mol. The van der Waals surface area contributed by atoms with E-state index in [1.165, 1.54) is 12.1 Å².